The van der Waals surface area contributed by atoms with E-state index in [1.807, 2.05) is 17.8 Å². The number of thioether (sulfide) groups is 1. The molecule has 1 N–H and O–H groups in total. The van der Waals surface area contributed by atoms with E-state index in [0.717, 1.165) is 12.3 Å². The molecule has 0 aromatic rings. The van der Waals surface area contributed by atoms with Crippen molar-refractivity contribution in [3.63, 3.8) is 0 Å². The maximum absolute atomic E-state index is 8.45. The zero-order valence-electron chi connectivity index (χ0n) is 6.12. The van der Waals surface area contributed by atoms with Crippen molar-refractivity contribution < 1.29 is 5.11 Å². The van der Waals surface area contributed by atoms with Gasteiger partial charge in [-0.05, 0) is 30.3 Å². The number of allylic oxidation sites excluding steroid dienone is 1. The van der Waals surface area contributed by atoms with Gasteiger partial charge in [-0.3, -0.25) is 0 Å². The van der Waals surface area contributed by atoms with E-state index in [2.05, 4.69) is 6.08 Å². The fourth-order valence-electron chi connectivity index (χ4n) is 1.13. The summed E-state index contributed by atoms with van der Waals surface area (Å²) < 4.78 is 0. The summed E-state index contributed by atoms with van der Waals surface area (Å²) in [5.41, 5.74) is 0. The number of aliphatic hydroxyl groups is 1. The fourth-order valence-corrected chi connectivity index (χ4v) is 2.44. The zero-order chi connectivity index (χ0) is 7.23. The molecule has 58 valence electrons. The fraction of sp³-hybridized carbons (Fsp3) is 0.750. The van der Waals surface area contributed by atoms with Crippen molar-refractivity contribution >= 4 is 11.8 Å². The number of hydrogen-bond acceptors (Lipinski definition) is 2. The van der Waals surface area contributed by atoms with Crippen LogP contribution < -0.4 is 0 Å². The summed E-state index contributed by atoms with van der Waals surface area (Å²) >= 11 is 2.04. The van der Waals surface area contributed by atoms with Gasteiger partial charge in [-0.25, -0.2) is 0 Å². The number of hydrogen-bond donors (Lipinski definition) is 1. The van der Waals surface area contributed by atoms with Crippen molar-refractivity contribution in [3.05, 3.63) is 12.2 Å². The van der Waals surface area contributed by atoms with Gasteiger partial charge >= 0.3 is 0 Å². The molecule has 1 aliphatic rings. The Balaban J connectivity index is 2.06. The van der Waals surface area contributed by atoms with E-state index in [4.69, 9.17) is 5.11 Å². The summed E-state index contributed by atoms with van der Waals surface area (Å²) in [6.45, 7) is 0.194. The van der Waals surface area contributed by atoms with E-state index < -0.39 is 0 Å². The topological polar surface area (TPSA) is 20.2 Å². The Labute approximate surface area is 66.5 Å². The van der Waals surface area contributed by atoms with Crippen LogP contribution in [0.25, 0.3) is 0 Å². The van der Waals surface area contributed by atoms with Crippen LogP contribution in [-0.4, -0.2) is 23.2 Å². The minimum Gasteiger partial charge on any atom is -0.392 e. The Kier molecular flexibility index (Phi) is 3.91. The molecule has 0 aromatic carbocycles. The third-order valence-electron chi connectivity index (χ3n) is 1.77. The number of aliphatic hydroxyl groups excluding tert-OH is 1. The summed E-state index contributed by atoms with van der Waals surface area (Å²) in [5, 5.41) is 8.45. The van der Waals surface area contributed by atoms with Crippen molar-refractivity contribution in [3.8, 4) is 0 Å². The highest BCUT2D eigenvalue weighted by Gasteiger charge is 2.12. The lowest BCUT2D eigenvalue weighted by atomic mass is 10.1. The standard InChI is InChI=1S/C8H14OS/c9-5-2-1-3-8-4-6-10-7-8/h1-2,8-9H,3-7H2/b2-1-. The molecule has 0 saturated carbocycles. The Morgan fingerprint density at radius 1 is 1.50 bits per heavy atom. The molecule has 1 saturated heterocycles. The van der Waals surface area contributed by atoms with Crippen molar-refractivity contribution in [1.29, 1.82) is 0 Å². The van der Waals surface area contributed by atoms with Crippen LogP contribution >= 0.6 is 11.8 Å². The molecule has 1 atom stereocenters. The van der Waals surface area contributed by atoms with Crippen LogP contribution in [0.3, 0.4) is 0 Å². The molecule has 0 radical (unpaired) electrons. The second-order valence-corrected chi connectivity index (χ2v) is 3.77. The first-order valence-electron chi connectivity index (χ1n) is 3.77. The summed E-state index contributed by atoms with van der Waals surface area (Å²) in [6.07, 6.45) is 6.45. The molecular formula is C8H14OS. The third-order valence-corrected chi connectivity index (χ3v) is 3.00. The predicted octanol–water partition coefficient (Wildman–Crippen LogP) is 1.68. The minimum atomic E-state index is 0.194. The van der Waals surface area contributed by atoms with Crippen molar-refractivity contribution in [1.82, 2.24) is 0 Å². The second kappa shape index (κ2) is 4.80. The van der Waals surface area contributed by atoms with Gasteiger partial charge in [-0.2, -0.15) is 11.8 Å². The SMILES string of the molecule is OC/C=C\CC1CCSC1. The Bertz CT molecular complexity index is 106. The lowest BCUT2D eigenvalue weighted by Gasteiger charge is -2.01. The molecule has 1 rings (SSSR count). The van der Waals surface area contributed by atoms with E-state index >= 15 is 0 Å². The lowest BCUT2D eigenvalue weighted by Crippen LogP contribution is -1.94. The first-order valence-corrected chi connectivity index (χ1v) is 4.92. The largest absolute Gasteiger partial charge is 0.392 e. The van der Waals surface area contributed by atoms with E-state index in [0.29, 0.717) is 0 Å². The van der Waals surface area contributed by atoms with Gasteiger partial charge in [0.25, 0.3) is 0 Å². The van der Waals surface area contributed by atoms with Gasteiger partial charge in [0.2, 0.25) is 0 Å². The first kappa shape index (κ1) is 8.15. The molecule has 10 heavy (non-hydrogen) atoms. The quantitative estimate of drug-likeness (QED) is 0.631. The summed E-state index contributed by atoms with van der Waals surface area (Å²) in [4.78, 5) is 0. The average molecular weight is 158 g/mol. The molecule has 1 nitrogen and oxygen atoms in total. The van der Waals surface area contributed by atoms with Crippen molar-refractivity contribution in [2.75, 3.05) is 18.1 Å². The molecule has 0 amide bonds. The molecule has 0 spiro atoms. The van der Waals surface area contributed by atoms with Crippen molar-refractivity contribution in [2.45, 2.75) is 12.8 Å². The monoisotopic (exact) mass is 158 g/mol. The van der Waals surface area contributed by atoms with E-state index in [9.17, 15) is 0 Å². The highest BCUT2D eigenvalue weighted by atomic mass is 32.2. The van der Waals surface area contributed by atoms with Crippen LogP contribution in [0, 0.1) is 5.92 Å². The lowest BCUT2D eigenvalue weighted by molar-refractivity contribution is 0.342. The second-order valence-electron chi connectivity index (χ2n) is 2.62. The van der Waals surface area contributed by atoms with Crippen LogP contribution in [0.2, 0.25) is 0 Å². The van der Waals surface area contributed by atoms with Gasteiger partial charge in [0, 0.05) is 0 Å². The molecule has 2 heteroatoms. The summed E-state index contributed by atoms with van der Waals surface area (Å²) in [6, 6.07) is 0. The first-order chi connectivity index (χ1) is 4.93. The van der Waals surface area contributed by atoms with Gasteiger partial charge in [-0.15, -0.1) is 0 Å². The molecule has 1 heterocycles. The molecule has 1 fully saturated rings. The molecule has 0 aliphatic carbocycles. The van der Waals surface area contributed by atoms with E-state index in [1.165, 1.54) is 17.9 Å². The maximum Gasteiger partial charge on any atom is 0.0612 e. The predicted molar refractivity (Wildman–Crippen MR) is 46.3 cm³/mol. The van der Waals surface area contributed by atoms with Gasteiger partial charge in [-0.1, -0.05) is 12.2 Å². The van der Waals surface area contributed by atoms with E-state index in [-0.39, 0.29) is 6.61 Å². The normalized spacial score (nSPS) is 26.3. The van der Waals surface area contributed by atoms with Gasteiger partial charge in [0.15, 0.2) is 0 Å². The zero-order valence-corrected chi connectivity index (χ0v) is 6.94. The Morgan fingerprint density at radius 3 is 3.00 bits per heavy atom. The highest BCUT2D eigenvalue weighted by Crippen LogP contribution is 2.25. The summed E-state index contributed by atoms with van der Waals surface area (Å²) in [7, 11) is 0. The third kappa shape index (κ3) is 2.76. The Morgan fingerprint density at radius 2 is 2.40 bits per heavy atom. The smallest absolute Gasteiger partial charge is 0.0612 e. The van der Waals surface area contributed by atoms with Crippen LogP contribution in [0.15, 0.2) is 12.2 Å². The van der Waals surface area contributed by atoms with Crippen LogP contribution in [0.4, 0.5) is 0 Å². The van der Waals surface area contributed by atoms with Gasteiger partial charge in [0.1, 0.15) is 0 Å². The highest BCUT2D eigenvalue weighted by molar-refractivity contribution is 7.99. The van der Waals surface area contributed by atoms with Gasteiger partial charge in [0.05, 0.1) is 6.61 Å². The van der Waals surface area contributed by atoms with Crippen LogP contribution in [-0.2, 0) is 0 Å². The molecule has 0 aromatic heterocycles. The molecule has 0 bridgehead atoms. The van der Waals surface area contributed by atoms with Gasteiger partial charge < -0.3 is 5.11 Å². The molecular weight excluding hydrogens is 144 g/mol. The average Bonchev–Trinajstić information content (AvgIpc) is 2.41. The molecule has 1 aliphatic heterocycles. The maximum atomic E-state index is 8.45. The minimum absolute atomic E-state index is 0.194. The molecule has 1 unspecified atom stereocenters. The Hall–Kier alpha value is 0.0500. The van der Waals surface area contributed by atoms with Crippen LogP contribution in [0.1, 0.15) is 12.8 Å². The van der Waals surface area contributed by atoms with Crippen LogP contribution in [0.5, 0.6) is 0 Å². The van der Waals surface area contributed by atoms with E-state index in [1.54, 1.807) is 0 Å². The van der Waals surface area contributed by atoms with Crippen molar-refractivity contribution in [2.24, 2.45) is 5.92 Å². The number of rotatable bonds is 3. The summed E-state index contributed by atoms with van der Waals surface area (Å²) in [5.74, 6) is 3.53.